The lowest BCUT2D eigenvalue weighted by Crippen LogP contribution is -2.29. The summed E-state index contributed by atoms with van der Waals surface area (Å²) in [6.07, 6.45) is 8.32. The van der Waals surface area contributed by atoms with Crippen molar-refractivity contribution in [3.8, 4) is 0 Å². The Morgan fingerprint density at radius 1 is 0.647 bits per heavy atom. The fraction of sp³-hybridized carbons (Fsp3) is 0.714. The third kappa shape index (κ3) is 2.59. The van der Waals surface area contributed by atoms with Crippen molar-refractivity contribution in [2.24, 2.45) is 0 Å². The van der Waals surface area contributed by atoms with Crippen molar-refractivity contribution in [1.82, 2.24) is 0 Å². The van der Waals surface area contributed by atoms with E-state index in [1.807, 2.05) is 11.3 Å². The predicted molar refractivity (Wildman–Crippen MR) is 76.4 cm³/mol. The van der Waals surface area contributed by atoms with Gasteiger partial charge in [-0.1, -0.05) is 0 Å². The van der Waals surface area contributed by atoms with E-state index in [0.717, 1.165) is 0 Å². The van der Waals surface area contributed by atoms with Crippen LogP contribution in [-0.4, -0.2) is 26.2 Å². The molecule has 0 N–H and O–H groups in total. The molecule has 0 spiro atoms. The lowest BCUT2D eigenvalue weighted by Gasteiger charge is -2.28. The molecule has 2 saturated heterocycles. The summed E-state index contributed by atoms with van der Waals surface area (Å²) in [6.45, 7) is 5.06. The Morgan fingerprint density at radius 3 is 1.47 bits per heavy atom. The van der Waals surface area contributed by atoms with Crippen LogP contribution >= 0.6 is 11.3 Å². The first-order valence-corrected chi connectivity index (χ1v) is 7.85. The van der Waals surface area contributed by atoms with E-state index in [1.54, 1.807) is 0 Å². The van der Waals surface area contributed by atoms with E-state index in [1.165, 1.54) is 74.7 Å². The molecule has 1 aromatic rings. The molecule has 0 amide bonds. The first kappa shape index (κ1) is 11.4. The Hall–Kier alpha value is -0.700. The zero-order valence-corrected chi connectivity index (χ0v) is 11.3. The van der Waals surface area contributed by atoms with E-state index in [9.17, 15) is 0 Å². The largest absolute Gasteiger partial charge is 0.363 e. The van der Waals surface area contributed by atoms with Gasteiger partial charge in [0.1, 0.15) is 0 Å². The van der Waals surface area contributed by atoms with Crippen molar-refractivity contribution >= 4 is 21.3 Å². The molecule has 94 valence electrons. The van der Waals surface area contributed by atoms with Gasteiger partial charge < -0.3 is 9.80 Å². The summed E-state index contributed by atoms with van der Waals surface area (Å²) >= 11 is 2.00. The van der Waals surface area contributed by atoms with Gasteiger partial charge in [0.15, 0.2) is 0 Å². The minimum absolute atomic E-state index is 1.26. The third-order valence-electron chi connectivity index (χ3n) is 3.91. The van der Waals surface area contributed by atoms with E-state index in [2.05, 4.69) is 21.9 Å². The molecule has 0 aliphatic carbocycles. The normalized spacial score (nSPS) is 21.9. The van der Waals surface area contributed by atoms with Crippen LogP contribution in [0.4, 0.5) is 10.0 Å². The minimum Gasteiger partial charge on any atom is -0.363 e. The lowest BCUT2D eigenvalue weighted by molar-refractivity contribution is 0.580. The second-order valence-corrected chi connectivity index (χ2v) is 6.25. The molecular weight excluding hydrogens is 228 g/mol. The maximum absolute atomic E-state index is 2.57. The number of anilines is 2. The van der Waals surface area contributed by atoms with Crippen LogP contribution in [0.25, 0.3) is 0 Å². The third-order valence-corrected chi connectivity index (χ3v) is 5.12. The Morgan fingerprint density at radius 2 is 1.06 bits per heavy atom. The molecule has 0 saturated carbocycles. The highest BCUT2D eigenvalue weighted by Gasteiger charge is 2.16. The van der Waals surface area contributed by atoms with Crippen LogP contribution < -0.4 is 9.80 Å². The highest BCUT2D eigenvalue weighted by Crippen LogP contribution is 2.35. The van der Waals surface area contributed by atoms with Gasteiger partial charge in [0.25, 0.3) is 0 Å². The van der Waals surface area contributed by atoms with Crippen molar-refractivity contribution < 1.29 is 0 Å². The summed E-state index contributed by atoms with van der Waals surface area (Å²) in [5, 5.41) is 2.98. The van der Waals surface area contributed by atoms with Gasteiger partial charge in [-0.2, -0.15) is 0 Å². The van der Waals surface area contributed by atoms with E-state index < -0.39 is 0 Å². The monoisotopic (exact) mass is 250 g/mol. The zero-order valence-electron chi connectivity index (χ0n) is 10.5. The molecule has 2 nitrogen and oxygen atoms in total. The Bertz CT molecular complexity index is 316. The second-order valence-electron chi connectivity index (χ2n) is 5.21. The van der Waals surface area contributed by atoms with Gasteiger partial charge >= 0.3 is 0 Å². The standard InChI is InChI=1S/C14H22N2S/c1-3-9-15(10-4-1)13-7-8-14(17-13)16-11-5-2-6-12-16/h7-8H,1-6,9-12H2. The molecule has 2 aliphatic rings. The number of hydrogen-bond acceptors (Lipinski definition) is 3. The topological polar surface area (TPSA) is 6.48 Å². The minimum atomic E-state index is 1.26. The maximum Gasteiger partial charge on any atom is 0.0930 e. The van der Waals surface area contributed by atoms with Crippen LogP contribution in [0.3, 0.4) is 0 Å². The summed E-state index contributed by atoms with van der Waals surface area (Å²) in [4.78, 5) is 5.14. The molecule has 2 aliphatic heterocycles. The van der Waals surface area contributed by atoms with Crippen LogP contribution in [0.15, 0.2) is 12.1 Å². The predicted octanol–water partition coefficient (Wildman–Crippen LogP) is 3.73. The lowest BCUT2D eigenvalue weighted by atomic mass is 10.1. The van der Waals surface area contributed by atoms with Gasteiger partial charge in [-0.25, -0.2) is 0 Å². The Balaban J connectivity index is 1.68. The van der Waals surface area contributed by atoms with Crippen LogP contribution in [0, 0.1) is 0 Å². The fourth-order valence-electron chi connectivity index (χ4n) is 2.89. The number of thiophene rings is 1. The van der Waals surface area contributed by atoms with Gasteiger partial charge in [0.05, 0.1) is 10.0 Å². The summed E-state index contributed by atoms with van der Waals surface area (Å²) in [6, 6.07) is 4.67. The average Bonchev–Trinajstić information content (AvgIpc) is 2.90. The summed E-state index contributed by atoms with van der Waals surface area (Å²) in [7, 11) is 0. The molecule has 0 radical (unpaired) electrons. The van der Waals surface area contributed by atoms with E-state index in [4.69, 9.17) is 0 Å². The quantitative estimate of drug-likeness (QED) is 0.789. The van der Waals surface area contributed by atoms with Gasteiger partial charge in [-0.05, 0) is 50.7 Å². The van der Waals surface area contributed by atoms with Crippen LogP contribution in [-0.2, 0) is 0 Å². The summed E-state index contributed by atoms with van der Waals surface area (Å²) in [5.74, 6) is 0. The number of rotatable bonds is 2. The number of piperidine rings is 2. The van der Waals surface area contributed by atoms with E-state index in [0.29, 0.717) is 0 Å². The molecule has 3 heterocycles. The molecule has 0 unspecified atom stereocenters. The van der Waals surface area contributed by atoms with Crippen molar-refractivity contribution in [2.75, 3.05) is 36.0 Å². The van der Waals surface area contributed by atoms with Gasteiger partial charge in [-0.15, -0.1) is 11.3 Å². The molecular formula is C14H22N2S. The van der Waals surface area contributed by atoms with Crippen molar-refractivity contribution in [3.05, 3.63) is 12.1 Å². The molecule has 2 fully saturated rings. The Labute approximate surface area is 108 Å². The summed E-state index contributed by atoms with van der Waals surface area (Å²) < 4.78 is 0. The smallest absolute Gasteiger partial charge is 0.0930 e. The van der Waals surface area contributed by atoms with Gasteiger partial charge in [0, 0.05) is 26.2 Å². The molecule has 3 heteroatoms. The highest BCUT2D eigenvalue weighted by molar-refractivity contribution is 7.20. The number of nitrogens with zero attached hydrogens (tertiary/aromatic N) is 2. The molecule has 3 rings (SSSR count). The SMILES string of the molecule is c1cc(N2CCCCC2)sc1N1CCCCC1. The van der Waals surface area contributed by atoms with E-state index in [-0.39, 0.29) is 0 Å². The number of hydrogen-bond donors (Lipinski definition) is 0. The van der Waals surface area contributed by atoms with Crippen LogP contribution in [0.5, 0.6) is 0 Å². The van der Waals surface area contributed by atoms with Gasteiger partial charge in [-0.3, -0.25) is 0 Å². The fourth-order valence-corrected chi connectivity index (χ4v) is 4.00. The van der Waals surface area contributed by atoms with Crippen molar-refractivity contribution in [2.45, 2.75) is 38.5 Å². The Kier molecular flexibility index (Phi) is 3.55. The second kappa shape index (κ2) is 5.30. The van der Waals surface area contributed by atoms with Crippen molar-refractivity contribution in [3.63, 3.8) is 0 Å². The average molecular weight is 250 g/mol. The molecule has 17 heavy (non-hydrogen) atoms. The highest BCUT2D eigenvalue weighted by atomic mass is 32.1. The first-order valence-electron chi connectivity index (χ1n) is 7.03. The van der Waals surface area contributed by atoms with Crippen molar-refractivity contribution in [1.29, 1.82) is 0 Å². The zero-order chi connectivity index (χ0) is 11.5. The first-order chi connectivity index (χ1) is 8.43. The van der Waals surface area contributed by atoms with Gasteiger partial charge in [0.2, 0.25) is 0 Å². The molecule has 0 atom stereocenters. The van der Waals surface area contributed by atoms with Crippen LogP contribution in [0.1, 0.15) is 38.5 Å². The maximum atomic E-state index is 2.57. The van der Waals surface area contributed by atoms with E-state index >= 15 is 0 Å². The van der Waals surface area contributed by atoms with Crippen LogP contribution in [0.2, 0.25) is 0 Å². The molecule has 0 bridgehead atoms. The molecule has 1 aromatic heterocycles. The summed E-state index contributed by atoms with van der Waals surface area (Å²) in [5.41, 5.74) is 0. The molecule has 0 aromatic carbocycles.